The van der Waals surface area contributed by atoms with Gasteiger partial charge in [0.05, 0.1) is 7.11 Å². The first-order chi connectivity index (χ1) is 9.11. The predicted molar refractivity (Wildman–Crippen MR) is 64.7 cm³/mol. The molecule has 1 N–H and O–H groups in total. The molecule has 2 heterocycles. The first-order valence-corrected chi connectivity index (χ1v) is 5.60. The zero-order chi connectivity index (χ0) is 13.8. The average Bonchev–Trinajstić information content (AvgIpc) is 3.04. The SMILES string of the molecule is COC(=O)c1cc(COC(=O)c2ccc[nH]2)oc1C. The molecule has 0 unspecified atom stereocenters. The van der Waals surface area contributed by atoms with E-state index in [1.54, 1.807) is 25.3 Å². The van der Waals surface area contributed by atoms with E-state index in [1.807, 2.05) is 0 Å². The van der Waals surface area contributed by atoms with Gasteiger partial charge in [-0.2, -0.15) is 0 Å². The molecule has 0 aliphatic heterocycles. The minimum atomic E-state index is -0.487. The minimum Gasteiger partial charge on any atom is -0.465 e. The number of methoxy groups -OCH3 is 1. The van der Waals surface area contributed by atoms with E-state index in [9.17, 15) is 9.59 Å². The largest absolute Gasteiger partial charge is 0.465 e. The molecule has 0 aliphatic carbocycles. The molecule has 0 saturated carbocycles. The Balaban J connectivity index is 2.01. The third kappa shape index (κ3) is 2.85. The van der Waals surface area contributed by atoms with Crippen molar-refractivity contribution in [3.63, 3.8) is 0 Å². The molecule has 0 amide bonds. The number of esters is 2. The number of rotatable bonds is 4. The van der Waals surface area contributed by atoms with E-state index in [0.29, 0.717) is 22.8 Å². The summed E-state index contributed by atoms with van der Waals surface area (Å²) in [6.45, 7) is 1.60. The lowest BCUT2D eigenvalue weighted by Gasteiger charge is -2.00. The van der Waals surface area contributed by atoms with Crippen molar-refractivity contribution in [2.24, 2.45) is 0 Å². The molecule has 2 aromatic rings. The van der Waals surface area contributed by atoms with Crippen LogP contribution in [-0.4, -0.2) is 24.0 Å². The van der Waals surface area contributed by atoms with Crippen molar-refractivity contribution in [3.05, 3.63) is 47.2 Å². The smallest absolute Gasteiger partial charge is 0.355 e. The number of carbonyl (C=O) groups is 2. The van der Waals surface area contributed by atoms with Crippen LogP contribution in [-0.2, 0) is 16.1 Å². The van der Waals surface area contributed by atoms with Crippen LogP contribution in [0.25, 0.3) is 0 Å². The van der Waals surface area contributed by atoms with Gasteiger partial charge in [0, 0.05) is 6.20 Å². The summed E-state index contributed by atoms with van der Waals surface area (Å²) < 4.78 is 15.0. The fraction of sp³-hybridized carbons (Fsp3) is 0.231. The second kappa shape index (κ2) is 5.43. The molecule has 0 saturated heterocycles. The van der Waals surface area contributed by atoms with Crippen LogP contribution >= 0.6 is 0 Å². The zero-order valence-corrected chi connectivity index (χ0v) is 10.6. The molecule has 0 atom stereocenters. The molecule has 0 aromatic carbocycles. The number of aromatic amines is 1. The lowest BCUT2D eigenvalue weighted by Crippen LogP contribution is -2.05. The van der Waals surface area contributed by atoms with Gasteiger partial charge < -0.3 is 18.9 Å². The van der Waals surface area contributed by atoms with Crippen LogP contribution in [0.15, 0.2) is 28.8 Å². The molecule has 0 aliphatic rings. The van der Waals surface area contributed by atoms with Crippen molar-refractivity contribution in [2.75, 3.05) is 7.11 Å². The van der Waals surface area contributed by atoms with Crippen LogP contribution in [0, 0.1) is 6.92 Å². The minimum absolute atomic E-state index is 0.0459. The van der Waals surface area contributed by atoms with Gasteiger partial charge in [0.15, 0.2) is 0 Å². The fourth-order valence-corrected chi connectivity index (χ4v) is 1.60. The second-order valence-corrected chi connectivity index (χ2v) is 3.83. The van der Waals surface area contributed by atoms with E-state index in [2.05, 4.69) is 9.72 Å². The summed E-state index contributed by atoms with van der Waals surface area (Å²) >= 11 is 0. The summed E-state index contributed by atoms with van der Waals surface area (Å²) in [5, 5.41) is 0. The van der Waals surface area contributed by atoms with Gasteiger partial charge in [-0.15, -0.1) is 0 Å². The third-order valence-electron chi connectivity index (χ3n) is 2.54. The number of hydrogen-bond acceptors (Lipinski definition) is 5. The average molecular weight is 263 g/mol. The molecular formula is C13H13NO5. The van der Waals surface area contributed by atoms with E-state index in [4.69, 9.17) is 9.15 Å². The number of ether oxygens (including phenoxy) is 2. The number of hydrogen-bond donors (Lipinski definition) is 1. The molecule has 6 heteroatoms. The summed E-state index contributed by atoms with van der Waals surface area (Å²) in [5.41, 5.74) is 0.685. The highest BCUT2D eigenvalue weighted by Gasteiger charge is 2.16. The van der Waals surface area contributed by atoms with Gasteiger partial charge in [0.25, 0.3) is 0 Å². The van der Waals surface area contributed by atoms with Gasteiger partial charge >= 0.3 is 11.9 Å². The van der Waals surface area contributed by atoms with E-state index >= 15 is 0 Å². The Bertz CT molecular complexity index is 582. The number of H-pyrrole nitrogens is 1. The molecule has 6 nitrogen and oxygen atoms in total. The van der Waals surface area contributed by atoms with Gasteiger partial charge in [0.1, 0.15) is 29.4 Å². The standard InChI is InChI=1S/C13H13NO5/c1-8-10(12(15)17-2)6-9(19-8)7-18-13(16)11-4-3-5-14-11/h3-6,14H,7H2,1-2H3. The van der Waals surface area contributed by atoms with Crippen molar-refractivity contribution < 1.29 is 23.5 Å². The molecule has 100 valence electrons. The van der Waals surface area contributed by atoms with Gasteiger partial charge in [0.2, 0.25) is 0 Å². The van der Waals surface area contributed by atoms with Crippen LogP contribution in [0.3, 0.4) is 0 Å². The number of aryl methyl sites for hydroxylation is 1. The Morgan fingerprint density at radius 1 is 1.37 bits per heavy atom. The Labute approximate surface area is 109 Å². The van der Waals surface area contributed by atoms with Gasteiger partial charge in [-0.05, 0) is 25.1 Å². The van der Waals surface area contributed by atoms with Crippen LogP contribution in [0.1, 0.15) is 32.4 Å². The summed E-state index contributed by atoms with van der Waals surface area (Å²) in [6.07, 6.45) is 1.63. The number of nitrogens with one attached hydrogen (secondary N) is 1. The first-order valence-electron chi connectivity index (χ1n) is 5.60. The molecule has 0 radical (unpaired) electrons. The maximum atomic E-state index is 11.6. The summed E-state index contributed by atoms with van der Waals surface area (Å²) in [4.78, 5) is 25.7. The Hall–Kier alpha value is -2.50. The highest BCUT2D eigenvalue weighted by Crippen LogP contribution is 2.16. The number of carbonyl (C=O) groups excluding carboxylic acids is 2. The molecule has 0 bridgehead atoms. The zero-order valence-electron chi connectivity index (χ0n) is 10.6. The fourth-order valence-electron chi connectivity index (χ4n) is 1.60. The highest BCUT2D eigenvalue weighted by molar-refractivity contribution is 5.90. The second-order valence-electron chi connectivity index (χ2n) is 3.83. The van der Waals surface area contributed by atoms with Crippen molar-refractivity contribution in [3.8, 4) is 0 Å². The van der Waals surface area contributed by atoms with E-state index in [-0.39, 0.29) is 6.61 Å². The molecule has 2 aromatic heterocycles. The van der Waals surface area contributed by atoms with Crippen molar-refractivity contribution in [1.29, 1.82) is 0 Å². The van der Waals surface area contributed by atoms with Crippen molar-refractivity contribution in [2.45, 2.75) is 13.5 Å². The highest BCUT2D eigenvalue weighted by atomic mass is 16.5. The maximum absolute atomic E-state index is 11.6. The maximum Gasteiger partial charge on any atom is 0.355 e. The van der Waals surface area contributed by atoms with Crippen LogP contribution in [0.2, 0.25) is 0 Å². The Morgan fingerprint density at radius 3 is 2.79 bits per heavy atom. The van der Waals surface area contributed by atoms with Gasteiger partial charge in [-0.25, -0.2) is 9.59 Å². The van der Waals surface area contributed by atoms with Crippen LogP contribution in [0.5, 0.6) is 0 Å². The molecule has 19 heavy (non-hydrogen) atoms. The molecular weight excluding hydrogens is 250 g/mol. The Kier molecular flexibility index (Phi) is 3.70. The van der Waals surface area contributed by atoms with E-state index in [0.717, 1.165) is 0 Å². The summed E-state index contributed by atoms with van der Waals surface area (Å²) in [7, 11) is 1.29. The normalized spacial score (nSPS) is 10.2. The van der Waals surface area contributed by atoms with E-state index in [1.165, 1.54) is 13.2 Å². The van der Waals surface area contributed by atoms with Crippen LogP contribution < -0.4 is 0 Å². The lowest BCUT2D eigenvalue weighted by molar-refractivity contribution is 0.0437. The summed E-state index contributed by atoms with van der Waals surface area (Å²) in [6, 6.07) is 4.81. The third-order valence-corrected chi connectivity index (χ3v) is 2.54. The molecule has 0 spiro atoms. The van der Waals surface area contributed by atoms with Crippen LogP contribution in [0.4, 0.5) is 0 Å². The summed E-state index contributed by atoms with van der Waals surface area (Å²) in [5.74, 6) is -0.155. The number of aromatic nitrogens is 1. The van der Waals surface area contributed by atoms with Crippen molar-refractivity contribution >= 4 is 11.9 Å². The van der Waals surface area contributed by atoms with Gasteiger partial charge in [-0.3, -0.25) is 0 Å². The lowest BCUT2D eigenvalue weighted by atomic mass is 10.2. The Morgan fingerprint density at radius 2 is 2.16 bits per heavy atom. The first kappa shape index (κ1) is 12.9. The quantitative estimate of drug-likeness (QED) is 0.854. The topological polar surface area (TPSA) is 81.5 Å². The van der Waals surface area contributed by atoms with Crippen molar-refractivity contribution in [1.82, 2.24) is 4.98 Å². The predicted octanol–water partition coefficient (Wildman–Crippen LogP) is 2.06. The monoisotopic (exact) mass is 263 g/mol. The molecule has 2 rings (SSSR count). The van der Waals surface area contributed by atoms with Gasteiger partial charge in [-0.1, -0.05) is 0 Å². The molecule has 0 fully saturated rings. The number of furan rings is 1. The van der Waals surface area contributed by atoms with E-state index < -0.39 is 11.9 Å².